The summed E-state index contributed by atoms with van der Waals surface area (Å²) in [6, 6.07) is 6.07. The number of hydrogen-bond acceptors (Lipinski definition) is 12. The Kier molecular flexibility index (Phi) is 23.8. The molecule has 1 aromatic heterocycles. The van der Waals surface area contributed by atoms with Crippen LogP contribution in [-0.2, 0) is 35.0 Å². The van der Waals surface area contributed by atoms with Gasteiger partial charge in [-0.1, -0.05) is 53.2 Å². The predicted octanol–water partition coefficient (Wildman–Crippen LogP) is 5.03. The van der Waals surface area contributed by atoms with Crippen molar-refractivity contribution in [3.8, 4) is 5.75 Å². The average Bonchev–Trinajstić information content (AvgIpc) is 3.67. The first kappa shape index (κ1) is 47.3. The summed E-state index contributed by atoms with van der Waals surface area (Å²) in [7, 11) is 0. The highest BCUT2D eigenvalue weighted by Gasteiger charge is 2.31. The summed E-state index contributed by atoms with van der Waals surface area (Å²) < 4.78 is 21.8. The molecule has 0 saturated heterocycles. The van der Waals surface area contributed by atoms with E-state index < -0.39 is 30.1 Å². The van der Waals surface area contributed by atoms with Crippen LogP contribution in [0, 0.1) is 5.92 Å². The molecule has 6 N–H and O–H groups in total. The van der Waals surface area contributed by atoms with Crippen molar-refractivity contribution in [1.82, 2.24) is 26.1 Å². The topological polar surface area (TPSA) is 204 Å². The van der Waals surface area contributed by atoms with Crippen LogP contribution >= 0.6 is 11.3 Å². The van der Waals surface area contributed by atoms with Crippen molar-refractivity contribution in [2.75, 3.05) is 52.7 Å². The Bertz CT molecular complexity index is 1390. The molecule has 0 radical (unpaired) electrons. The Morgan fingerprint density at radius 2 is 1.62 bits per heavy atom. The van der Waals surface area contributed by atoms with Gasteiger partial charge in [-0.25, -0.2) is 15.2 Å². The first-order valence-electron chi connectivity index (χ1n) is 19.5. The number of phenols is 1. The maximum atomic E-state index is 13.6. The summed E-state index contributed by atoms with van der Waals surface area (Å²) in [4.78, 5) is 58.4. The first-order valence-corrected chi connectivity index (χ1v) is 20.4. The Hall–Kier alpha value is -3.83. The van der Waals surface area contributed by atoms with Gasteiger partial charge < -0.3 is 40.0 Å². The molecular formula is C39H64N6O9S. The number of ether oxygens (including phenoxy) is 4. The van der Waals surface area contributed by atoms with E-state index >= 15 is 0 Å². The monoisotopic (exact) mass is 792 g/mol. The quantitative estimate of drug-likeness (QED) is 0.0571. The van der Waals surface area contributed by atoms with E-state index in [-0.39, 0.29) is 55.4 Å². The second-order valence-electron chi connectivity index (χ2n) is 13.6. The van der Waals surface area contributed by atoms with Crippen LogP contribution in [0.15, 0.2) is 29.6 Å². The zero-order valence-corrected chi connectivity index (χ0v) is 34.1. The third-order valence-electron chi connectivity index (χ3n) is 8.58. The van der Waals surface area contributed by atoms with Gasteiger partial charge in [0.2, 0.25) is 11.8 Å². The minimum Gasteiger partial charge on any atom is -0.508 e. The summed E-state index contributed by atoms with van der Waals surface area (Å²) in [6.07, 6.45) is 3.88. The molecule has 16 heteroatoms. The summed E-state index contributed by atoms with van der Waals surface area (Å²) in [5, 5.41) is 15.2. The van der Waals surface area contributed by atoms with Gasteiger partial charge in [-0.2, -0.15) is 0 Å². The van der Waals surface area contributed by atoms with E-state index in [1.54, 1.807) is 29.6 Å². The highest BCUT2D eigenvalue weighted by molar-refractivity contribution is 7.09. The number of hydrazine groups is 1. The van der Waals surface area contributed by atoms with Crippen LogP contribution in [0.2, 0.25) is 0 Å². The number of hydrogen-bond donors (Lipinski definition) is 5. The van der Waals surface area contributed by atoms with E-state index in [9.17, 15) is 24.3 Å². The number of carbonyl (C=O) groups excluding carboxylic acids is 4. The Morgan fingerprint density at radius 3 is 2.27 bits per heavy atom. The lowest BCUT2D eigenvalue weighted by Crippen LogP contribution is -2.44. The fourth-order valence-corrected chi connectivity index (χ4v) is 6.59. The first-order chi connectivity index (χ1) is 26.5. The van der Waals surface area contributed by atoms with Gasteiger partial charge in [0.05, 0.1) is 26.4 Å². The van der Waals surface area contributed by atoms with Gasteiger partial charge in [-0.05, 0) is 55.7 Å². The molecular weight excluding hydrogens is 729 g/mol. The molecule has 4 amide bonds. The number of nitrogens with zero attached hydrogens (tertiary/aromatic N) is 2. The second-order valence-corrected chi connectivity index (χ2v) is 14.5. The highest BCUT2D eigenvalue weighted by atomic mass is 32.1. The van der Waals surface area contributed by atoms with E-state index in [0.29, 0.717) is 63.8 Å². The molecule has 0 fully saturated rings. The summed E-state index contributed by atoms with van der Waals surface area (Å²) >= 11 is 1.35. The molecule has 0 spiro atoms. The van der Waals surface area contributed by atoms with Crippen molar-refractivity contribution in [3.63, 3.8) is 0 Å². The number of nitrogens with one attached hydrogen (secondary N) is 3. The van der Waals surface area contributed by atoms with Gasteiger partial charge in [0.15, 0.2) is 0 Å². The van der Waals surface area contributed by atoms with Crippen molar-refractivity contribution >= 4 is 35.2 Å². The van der Waals surface area contributed by atoms with Gasteiger partial charge in [0, 0.05) is 56.4 Å². The molecule has 3 unspecified atom stereocenters. The molecule has 0 aliphatic heterocycles. The molecule has 0 saturated carbocycles. The van der Waals surface area contributed by atoms with E-state index in [4.69, 9.17) is 29.7 Å². The number of phenolic OH excluding ortho intramolecular Hbond substituents is 1. The Balaban J connectivity index is 2.08. The number of rotatable bonds is 28. The molecule has 2 rings (SSSR count). The van der Waals surface area contributed by atoms with Crippen LogP contribution < -0.4 is 21.9 Å². The fourth-order valence-electron chi connectivity index (χ4n) is 5.73. The molecule has 2 aromatic rings. The molecule has 0 bridgehead atoms. The van der Waals surface area contributed by atoms with E-state index in [1.807, 2.05) is 11.8 Å². The number of amides is 4. The third kappa shape index (κ3) is 19.1. The molecule has 0 aliphatic rings. The number of thiazole rings is 1. The predicted molar refractivity (Wildman–Crippen MR) is 211 cm³/mol. The highest BCUT2D eigenvalue weighted by Crippen LogP contribution is 2.31. The Labute approximate surface area is 330 Å². The third-order valence-corrected chi connectivity index (χ3v) is 9.52. The van der Waals surface area contributed by atoms with Gasteiger partial charge in [-0.15, -0.1) is 11.3 Å². The van der Waals surface area contributed by atoms with Crippen LogP contribution in [0.5, 0.6) is 5.75 Å². The van der Waals surface area contributed by atoms with E-state index in [2.05, 4.69) is 43.9 Å². The lowest BCUT2D eigenvalue weighted by Gasteiger charge is -2.36. The molecule has 15 nitrogen and oxygen atoms in total. The van der Waals surface area contributed by atoms with Crippen LogP contribution in [0.4, 0.5) is 4.79 Å². The number of aromatic hydroxyl groups is 1. The summed E-state index contributed by atoms with van der Waals surface area (Å²) in [5.41, 5.74) is 11.0. The van der Waals surface area contributed by atoms with Crippen LogP contribution in [0.1, 0.15) is 113 Å². The number of nitrogens with two attached hydrogens (primary N) is 1. The smallest absolute Gasteiger partial charge is 0.426 e. The number of unbranched alkanes of at least 4 members (excludes halogenated alkanes) is 1. The van der Waals surface area contributed by atoms with Crippen LogP contribution in [0.3, 0.4) is 0 Å². The number of benzene rings is 1. The molecule has 55 heavy (non-hydrogen) atoms. The standard InChI is InChI=1S/C39H64N6O9S/c1-6-9-10-36(48)45(18-7-2)33(28(4)5)26-34(53-19-8-3)38-42-32(27-55-38)37(49)41-30(25-29-11-14-31(46)15-12-29)13-16-35(47)43-44-39(50)54-24-23-52-22-21-51-20-17-40/h11-12,14-15,27-28,30,33-34,46H,6-10,13,16-26,40H2,1-5H3,(H,41,49)(H,43,47)(H,44,50). The molecule has 3 atom stereocenters. The molecule has 1 aromatic carbocycles. The molecule has 1 heterocycles. The fraction of sp³-hybridized carbons (Fsp3) is 0.667. The van der Waals surface area contributed by atoms with E-state index in [0.717, 1.165) is 31.2 Å². The zero-order chi connectivity index (χ0) is 40.4. The molecule has 310 valence electrons. The zero-order valence-electron chi connectivity index (χ0n) is 33.3. The van der Waals surface area contributed by atoms with Gasteiger partial charge in [0.25, 0.3) is 5.91 Å². The number of aromatic nitrogens is 1. The molecule has 0 aliphatic carbocycles. The normalized spacial score (nSPS) is 12.9. The maximum Gasteiger partial charge on any atom is 0.426 e. The SMILES string of the molecule is CCCCC(=O)N(CCC)C(CC(OCCC)c1nc(C(=O)NC(CCC(=O)NNC(=O)OCCOCCOCCN)Cc2ccc(O)cc2)cs1)C(C)C. The maximum absolute atomic E-state index is 13.6. The minimum absolute atomic E-state index is 0.0164. The van der Waals surface area contributed by atoms with Crippen molar-refractivity contribution < 1.29 is 43.2 Å². The van der Waals surface area contributed by atoms with Crippen LogP contribution in [-0.4, -0.2) is 104 Å². The summed E-state index contributed by atoms with van der Waals surface area (Å²) in [5.74, 6) is -0.432. The van der Waals surface area contributed by atoms with Crippen molar-refractivity contribution in [2.24, 2.45) is 11.7 Å². The largest absolute Gasteiger partial charge is 0.508 e. The Morgan fingerprint density at radius 1 is 0.909 bits per heavy atom. The van der Waals surface area contributed by atoms with Crippen molar-refractivity contribution in [3.05, 3.63) is 45.9 Å². The lowest BCUT2D eigenvalue weighted by atomic mass is 9.95. The minimum atomic E-state index is -0.841. The second kappa shape index (κ2) is 27.7. The van der Waals surface area contributed by atoms with Crippen LogP contribution in [0.25, 0.3) is 0 Å². The van der Waals surface area contributed by atoms with E-state index in [1.165, 1.54) is 11.3 Å². The van der Waals surface area contributed by atoms with Gasteiger partial charge >= 0.3 is 6.09 Å². The van der Waals surface area contributed by atoms with Crippen molar-refractivity contribution in [2.45, 2.75) is 111 Å². The lowest BCUT2D eigenvalue weighted by molar-refractivity contribution is -0.135. The van der Waals surface area contributed by atoms with Gasteiger partial charge in [0.1, 0.15) is 29.2 Å². The van der Waals surface area contributed by atoms with Crippen molar-refractivity contribution in [1.29, 1.82) is 0 Å². The summed E-state index contributed by atoms with van der Waals surface area (Å²) in [6.45, 7) is 13.3. The van der Waals surface area contributed by atoms with Gasteiger partial charge in [-0.3, -0.25) is 19.8 Å². The average molecular weight is 793 g/mol. The number of carbonyl (C=O) groups is 4.